The Hall–Kier alpha value is -3.65. The minimum atomic E-state index is 0.687. The average Bonchev–Trinajstić information content (AvgIpc) is 3.34. The third-order valence-electron chi connectivity index (χ3n) is 5.91. The number of pyridine rings is 1. The van der Waals surface area contributed by atoms with E-state index in [0.717, 1.165) is 73.3 Å². The van der Waals surface area contributed by atoms with Gasteiger partial charge < -0.3 is 24.1 Å². The topological polar surface area (TPSA) is 76.8 Å². The maximum atomic E-state index is 5.76. The third-order valence-corrected chi connectivity index (χ3v) is 5.91. The van der Waals surface area contributed by atoms with Crippen LogP contribution >= 0.6 is 0 Å². The van der Waals surface area contributed by atoms with Gasteiger partial charge in [0.05, 0.1) is 25.5 Å². The van der Waals surface area contributed by atoms with Gasteiger partial charge >= 0.3 is 0 Å². The first kappa shape index (κ1) is 19.1. The highest BCUT2D eigenvalue weighted by Crippen LogP contribution is 2.29. The molecule has 1 saturated heterocycles. The molecule has 5 heterocycles. The van der Waals surface area contributed by atoms with Crippen LogP contribution in [0.4, 0.5) is 17.2 Å². The number of morpholine rings is 1. The Morgan fingerprint density at radius 1 is 0.906 bits per heavy atom. The van der Waals surface area contributed by atoms with E-state index in [-0.39, 0.29) is 0 Å². The predicted molar refractivity (Wildman–Crippen MR) is 123 cm³/mol. The lowest BCUT2D eigenvalue weighted by atomic mass is 10.1. The number of nitrogens with one attached hydrogen (secondary N) is 1. The first-order valence-electron chi connectivity index (χ1n) is 11.0. The normalized spacial score (nSPS) is 15.9. The van der Waals surface area contributed by atoms with Crippen LogP contribution in [0.3, 0.4) is 0 Å². The molecule has 6 rings (SSSR count). The van der Waals surface area contributed by atoms with Crippen molar-refractivity contribution in [3.63, 3.8) is 0 Å². The second-order valence-corrected chi connectivity index (χ2v) is 8.02. The summed E-state index contributed by atoms with van der Waals surface area (Å²) in [6, 6.07) is 12.5. The number of hydrogen-bond acceptors (Lipinski definition) is 7. The van der Waals surface area contributed by atoms with E-state index in [1.807, 2.05) is 22.9 Å². The van der Waals surface area contributed by atoms with Gasteiger partial charge in [-0.25, -0.2) is 15.0 Å². The number of fused-ring (bicyclic) bond motifs is 2. The molecule has 1 aromatic carbocycles. The van der Waals surface area contributed by atoms with Gasteiger partial charge in [-0.15, -0.1) is 0 Å². The van der Waals surface area contributed by atoms with E-state index in [0.29, 0.717) is 12.4 Å². The molecule has 3 aromatic heterocycles. The van der Waals surface area contributed by atoms with E-state index in [2.05, 4.69) is 45.5 Å². The number of aromatic nitrogens is 4. The molecular formula is C24H24N6O2. The van der Waals surface area contributed by atoms with E-state index in [1.54, 1.807) is 6.20 Å². The number of aryl methyl sites for hydroxylation is 1. The number of benzene rings is 1. The second kappa shape index (κ2) is 8.12. The second-order valence-electron chi connectivity index (χ2n) is 8.02. The van der Waals surface area contributed by atoms with Gasteiger partial charge in [-0.05, 0) is 43.2 Å². The lowest BCUT2D eigenvalue weighted by Gasteiger charge is -2.28. The zero-order valence-electron chi connectivity index (χ0n) is 17.7. The van der Waals surface area contributed by atoms with Crippen LogP contribution in [-0.2, 0) is 11.2 Å². The molecule has 8 nitrogen and oxygen atoms in total. The molecule has 0 aliphatic carbocycles. The number of rotatable bonds is 4. The van der Waals surface area contributed by atoms with Gasteiger partial charge in [-0.1, -0.05) is 6.07 Å². The van der Waals surface area contributed by atoms with E-state index >= 15 is 0 Å². The quantitative estimate of drug-likeness (QED) is 0.531. The van der Waals surface area contributed by atoms with Crippen LogP contribution in [0.2, 0.25) is 0 Å². The van der Waals surface area contributed by atoms with Crippen molar-refractivity contribution in [3.05, 3.63) is 60.6 Å². The smallest absolute Gasteiger partial charge is 0.217 e. The molecule has 0 amide bonds. The van der Waals surface area contributed by atoms with Crippen LogP contribution < -0.4 is 15.0 Å². The summed E-state index contributed by atoms with van der Waals surface area (Å²) in [7, 11) is 0. The molecule has 2 aliphatic rings. The Balaban J connectivity index is 1.31. The molecule has 0 saturated carbocycles. The van der Waals surface area contributed by atoms with Crippen LogP contribution in [0, 0.1) is 0 Å². The lowest BCUT2D eigenvalue weighted by molar-refractivity contribution is 0.122. The van der Waals surface area contributed by atoms with E-state index in [9.17, 15) is 0 Å². The summed E-state index contributed by atoms with van der Waals surface area (Å²) in [5, 5.41) is 3.44. The minimum Gasteiger partial charge on any atom is -0.477 e. The van der Waals surface area contributed by atoms with Gasteiger partial charge in [0.1, 0.15) is 5.69 Å². The monoisotopic (exact) mass is 428 g/mol. The van der Waals surface area contributed by atoms with Crippen molar-refractivity contribution in [1.82, 2.24) is 19.4 Å². The van der Waals surface area contributed by atoms with Crippen LogP contribution in [0.5, 0.6) is 5.88 Å². The number of hydrogen-bond donors (Lipinski definition) is 1. The molecule has 162 valence electrons. The molecule has 0 radical (unpaired) electrons. The van der Waals surface area contributed by atoms with Gasteiger partial charge in [-0.2, -0.15) is 0 Å². The van der Waals surface area contributed by atoms with E-state index in [1.165, 1.54) is 5.69 Å². The molecule has 1 fully saturated rings. The summed E-state index contributed by atoms with van der Waals surface area (Å²) < 4.78 is 13.2. The van der Waals surface area contributed by atoms with Crippen LogP contribution in [0.25, 0.3) is 17.0 Å². The molecule has 0 atom stereocenters. The fourth-order valence-electron chi connectivity index (χ4n) is 4.21. The van der Waals surface area contributed by atoms with Crippen molar-refractivity contribution < 1.29 is 9.47 Å². The summed E-state index contributed by atoms with van der Waals surface area (Å²) in [5.74, 6) is 1.40. The maximum Gasteiger partial charge on any atom is 0.217 e. The molecule has 1 N–H and O–H groups in total. The van der Waals surface area contributed by atoms with Crippen LogP contribution in [0.15, 0.2) is 55.0 Å². The first-order valence-corrected chi connectivity index (χ1v) is 11.0. The van der Waals surface area contributed by atoms with Crippen molar-refractivity contribution in [3.8, 4) is 17.3 Å². The van der Waals surface area contributed by atoms with Crippen molar-refractivity contribution in [2.75, 3.05) is 43.1 Å². The first-order chi connectivity index (χ1) is 15.8. The Bertz CT molecular complexity index is 1250. The molecule has 0 unspecified atom stereocenters. The zero-order chi connectivity index (χ0) is 21.3. The number of ether oxygens (including phenoxy) is 2. The summed E-state index contributed by atoms with van der Waals surface area (Å²) in [5.41, 5.74) is 5.62. The molecule has 0 spiro atoms. The number of nitrogens with zero attached hydrogens (tertiary/aromatic N) is 5. The molecule has 2 aliphatic heterocycles. The summed E-state index contributed by atoms with van der Waals surface area (Å²) in [4.78, 5) is 16.4. The van der Waals surface area contributed by atoms with E-state index in [4.69, 9.17) is 19.4 Å². The van der Waals surface area contributed by atoms with Crippen molar-refractivity contribution in [2.24, 2.45) is 0 Å². The predicted octanol–water partition coefficient (Wildman–Crippen LogP) is 3.70. The van der Waals surface area contributed by atoms with Gasteiger partial charge in [0.2, 0.25) is 5.88 Å². The molecule has 32 heavy (non-hydrogen) atoms. The molecule has 0 bridgehead atoms. The fourth-order valence-corrected chi connectivity index (χ4v) is 4.21. The van der Waals surface area contributed by atoms with Crippen molar-refractivity contribution in [1.29, 1.82) is 0 Å². The molecule has 8 heteroatoms. The highest BCUT2D eigenvalue weighted by Gasteiger charge is 2.16. The minimum absolute atomic E-state index is 0.687. The van der Waals surface area contributed by atoms with Crippen molar-refractivity contribution >= 4 is 22.8 Å². The molecular weight excluding hydrogens is 404 g/mol. The lowest BCUT2D eigenvalue weighted by Crippen LogP contribution is -2.36. The Morgan fingerprint density at radius 2 is 1.78 bits per heavy atom. The number of imidazole rings is 1. The van der Waals surface area contributed by atoms with Gasteiger partial charge in [0, 0.05) is 48.6 Å². The Kier molecular flexibility index (Phi) is 4.84. The summed E-state index contributed by atoms with van der Waals surface area (Å²) >= 11 is 0. The Labute approximate surface area is 185 Å². The van der Waals surface area contributed by atoms with Crippen molar-refractivity contribution in [2.45, 2.75) is 12.8 Å². The highest BCUT2D eigenvalue weighted by molar-refractivity contribution is 5.73. The standard InChI is InChI=1S/C24H24N6O2/c1-2-17-3-8-20(28-24(17)32-13-1)21-16-30-10-9-25-23(30)22(27-21)26-18-4-6-19(7-5-18)29-11-14-31-15-12-29/h3-10,16H,1-2,11-15H2,(H,26,27). The Morgan fingerprint density at radius 3 is 2.66 bits per heavy atom. The van der Waals surface area contributed by atoms with Gasteiger partial charge in [-0.3, -0.25) is 0 Å². The number of anilines is 3. The van der Waals surface area contributed by atoms with E-state index < -0.39 is 0 Å². The summed E-state index contributed by atoms with van der Waals surface area (Å²) in [6.45, 7) is 4.10. The zero-order valence-corrected chi connectivity index (χ0v) is 17.7. The van der Waals surface area contributed by atoms with Crippen LogP contribution in [0.1, 0.15) is 12.0 Å². The average molecular weight is 428 g/mol. The van der Waals surface area contributed by atoms with Gasteiger partial charge in [0.15, 0.2) is 11.5 Å². The maximum absolute atomic E-state index is 5.76. The summed E-state index contributed by atoms with van der Waals surface area (Å²) in [6.07, 6.45) is 7.68. The van der Waals surface area contributed by atoms with Crippen LogP contribution in [-0.4, -0.2) is 52.3 Å². The largest absolute Gasteiger partial charge is 0.477 e. The highest BCUT2D eigenvalue weighted by atomic mass is 16.5. The fraction of sp³-hybridized carbons (Fsp3) is 0.292. The SMILES string of the molecule is c1cn2cc(-c3ccc4c(n3)OCCC4)nc(Nc3ccc(N4CCOCC4)cc3)c2n1. The van der Waals surface area contributed by atoms with Gasteiger partial charge in [0.25, 0.3) is 0 Å². The molecule has 4 aromatic rings. The third kappa shape index (κ3) is 3.62.